The number of ether oxygens (including phenoxy) is 1. The highest BCUT2D eigenvalue weighted by Gasteiger charge is 2.30. The smallest absolute Gasteiger partial charge is 0.328 e. The summed E-state index contributed by atoms with van der Waals surface area (Å²) in [4.78, 5) is 29.7. The Morgan fingerprint density at radius 3 is 2.24 bits per heavy atom. The Morgan fingerprint density at radius 2 is 1.56 bits per heavy atom. The summed E-state index contributed by atoms with van der Waals surface area (Å²) in [6.07, 6.45) is 3.53. The van der Waals surface area contributed by atoms with Crippen LogP contribution in [0.15, 0.2) is 89.9 Å². The van der Waals surface area contributed by atoms with Crippen molar-refractivity contribution in [1.29, 1.82) is 0 Å². The molecule has 3 aromatic carbocycles. The Balaban J connectivity index is 1.44. The van der Waals surface area contributed by atoms with E-state index < -0.39 is 12.0 Å². The van der Waals surface area contributed by atoms with Crippen molar-refractivity contribution in [2.45, 2.75) is 44.8 Å². The number of benzene rings is 3. The summed E-state index contributed by atoms with van der Waals surface area (Å²) in [7, 11) is 0. The second kappa shape index (κ2) is 11.4. The van der Waals surface area contributed by atoms with Crippen LogP contribution in [0.5, 0.6) is 5.75 Å². The molecule has 2 atom stereocenters. The molecular formula is C29H29NO4. The molecule has 0 bridgehead atoms. The van der Waals surface area contributed by atoms with Crippen LogP contribution in [0, 0.1) is 5.92 Å². The molecule has 5 heteroatoms. The number of carbonyl (C=O) groups excluding carboxylic acids is 1. The summed E-state index contributed by atoms with van der Waals surface area (Å²) in [6.45, 7) is 0.475. The number of carboxylic acids is 1. The van der Waals surface area contributed by atoms with Gasteiger partial charge < -0.3 is 9.84 Å². The number of ketones is 1. The first-order chi connectivity index (χ1) is 16.6. The van der Waals surface area contributed by atoms with Crippen molar-refractivity contribution in [3.8, 4) is 5.75 Å². The Labute approximate surface area is 200 Å². The molecule has 174 valence electrons. The number of nitrogens with zero attached hydrogens (tertiary/aromatic N) is 1. The minimum Gasteiger partial charge on any atom is -0.489 e. The van der Waals surface area contributed by atoms with Gasteiger partial charge in [-0.2, -0.15) is 0 Å². The average Bonchev–Trinajstić information content (AvgIpc) is 2.89. The highest BCUT2D eigenvalue weighted by Crippen LogP contribution is 2.27. The Bertz CT molecular complexity index is 1120. The molecule has 0 saturated heterocycles. The third-order valence-electron chi connectivity index (χ3n) is 6.16. The maximum Gasteiger partial charge on any atom is 0.328 e. The van der Waals surface area contributed by atoms with Gasteiger partial charge in [0.2, 0.25) is 0 Å². The Kier molecular flexibility index (Phi) is 7.87. The molecule has 34 heavy (non-hydrogen) atoms. The van der Waals surface area contributed by atoms with Crippen LogP contribution in [0.25, 0.3) is 0 Å². The van der Waals surface area contributed by atoms with E-state index in [2.05, 4.69) is 4.99 Å². The molecule has 0 amide bonds. The summed E-state index contributed by atoms with van der Waals surface area (Å²) < 4.78 is 5.82. The highest BCUT2D eigenvalue weighted by atomic mass is 16.5. The van der Waals surface area contributed by atoms with E-state index in [4.69, 9.17) is 4.74 Å². The van der Waals surface area contributed by atoms with Crippen LogP contribution in [-0.2, 0) is 17.8 Å². The molecule has 0 aliphatic heterocycles. The fraction of sp³-hybridized carbons (Fsp3) is 0.276. The first-order valence-corrected chi connectivity index (χ1v) is 11.7. The van der Waals surface area contributed by atoms with Crippen LogP contribution >= 0.6 is 0 Å². The van der Waals surface area contributed by atoms with Crippen molar-refractivity contribution in [3.05, 3.63) is 102 Å². The number of hydrogen-bond donors (Lipinski definition) is 1. The molecule has 0 spiro atoms. The lowest BCUT2D eigenvalue weighted by molar-refractivity contribution is -0.138. The van der Waals surface area contributed by atoms with E-state index in [0.29, 0.717) is 25.0 Å². The van der Waals surface area contributed by atoms with Gasteiger partial charge in [0.15, 0.2) is 11.8 Å². The van der Waals surface area contributed by atoms with Crippen LogP contribution in [0.1, 0.15) is 47.2 Å². The van der Waals surface area contributed by atoms with Crippen molar-refractivity contribution in [3.63, 3.8) is 0 Å². The zero-order valence-electron chi connectivity index (χ0n) is 19.1. The lowest BCUT2D eigenvalue weighted by Gasteiger charge is -2.24. The number of rotatable bonds is 9. The van der Waals surface area contributed by atoms with Crippen LogP contribution < -0.4 is 4.74 Å². The normalized spacial score (nSPS) is 17.8. The Hall–Kier alpha value is -3.73. The standard InChI is InChI=1S/C29H29NO4/c31-28(23-11-5-2-6-12-23)25-13-7-8-14-26(25)30-27(29(32)33)19-21-15-17-24(18-16-21)34-20-22-9-3-1-4-10-22/h1-6,9-12,15-18,25,27H,7-8,13-14,19-20H2,(H,32,33)/t25?,27-/m0/s1. The van der Waals surface area contributed by atoms with Crippen molar-refractivity contribution in [2.75, 3.05) is 0 Å². The summed E-state index contributed by atoms with van der Waals surface area (Å²) in [5.74, 6) is -0.560. The molecular weight excluding hydrogens is 426 g/mol. The lowest BCUT2D eigenvalue weighted by Crippen LogP contribution is -2.31. The van der Waals surface area contributed by atoms with Gasteiger partial charge in [0.1, 0.15) is 12.4 Å². The monoisotopic (exact) mass is 455 g/mol. The quantitative estimate of drug-likeness (QED) is 0.415. The minimum absolute atomic E-state index is 0.0307. The maximum atomic E-state index is 13.1. The molecule has 1 N–H and O–H groups in total. The lowest BCUT2D eigenvalue weighted by atomic mass is 9.82. The second-order valence-electron chi connectivity index (χ2n) is 8.63. The van der Waals surface area contributed by atoms with E-state index in [1.54, 1.807) is 0 Å². The first-order valence-electron chi connectivity index (χ1n) is 11.7. The number of aliphatic imine (C=N–C) groups is 1. The fourth-order valence-electron chi connectivity index (χ4n) is 4.31. The third kappa shape index (κ3) is 6.19. The number of Topliss-reactive ketones (excluding diaryl/α,β-unsaturated/α-hetero) is 1. The summed E-state index contributed by atoms with van der Waals surface area (Å²) >= 11 is 0. The number of carboxylic acid groups (broad SMARTS) is 1. The topological polar surface area (TPSA) is 76.0 Å². The largest absolute Gasteiger partial charge is 0.489 e. The van der Waals surface area contributed by atoms with Crippen molar-refractivity contribution in [2.24, 2.45) is 10.9 Å². The molecule has 4 rings (SSSR count). The van der Waals surface area contributed by atoms with E-state index in [1.807, 2.05) is 84.9 Å². The zero-order chi connectivity index (χ0) is 23.8. The first kappa shape index (κ1) is 23.4. The van der Waals surface area contributed by atoms with E-state index in [9.17, 15) is 14.7 Å². The molecule has 3 aromatic rings. The van der Waals surface area contributed by atoms with E-state index in [1.165, 1.54) is 0 Å². The third-order valence-corrected chi connectivity index (χ3v) is 6.16. The highest BCUT2D eigenvalue weighted by molar-refractivity contribution is 6.13. The average molecular weight is 456 g/mol. The van der Waals surface area contributed by atoms with Gasteiger partial charge in [-0.15, -0.1) is 0 Å². The van der Waals surface area contributed by atoms with Crippen LogP contribution in [0.4, 0.5) is 0 Å². The number of carbonyl (C=O) groups is 2. The van der Waals surface area contributed by atoms with Crippen molar-refractivity contribution in [1.82, 2.24) is 0 Å². The van der Waals surface area contributed by atoms with Gasteiger partial charge in [-0.1, -0.05) is 79.2 Å². The second-order valence-corrected chi connectivity index (χ2v) is 8.63. The van der Waals surface area contributed by atoms with Crippen molar-refractivity contribution < 1.29 is 19.4 Å². The molecule has 0 aromatic heterocycles. The van der Waals surface area contributed by atoms with Gasteiger partial charge >= 0.3 is 5.97 Å². The molecule has 5 nitrogen and oxygen atoms in total. The van der Waals surface area contributed by atoms with Crippen LogP contribution in [0.3, 0.4) is 0 Å². The predicted molar refractivity (Wildman–Crippen MR) is 133 cm³/mol. The number of hydrogen-bond acceptors (Lipinski definition) is 4. The maximum absolute atomic E-state index is 13.1. The minimum atomic E-state index is -0.978. The van der Waals surface area contributed by atoms with E-state index in [0.717, 1.165) is 35.4 Å². The molecule has 1 aliphatic carbocycles. The number of aliphatic carboxylic acids is 1. The summed E-state index contributed by atoms with van der Waals surface area (Å²) in [5.41, 5.74) is 3.32. The predicted octanol–water partition coefficient (Wildman–Crippen LogP) is 5.78. The fourth-order valence-corrected chi connectivity index (χ4v) is 4.31. The van der Waals surface area contributed by atoms with Crippen molar-refractivity contribution >= 4 is 17.5 Å². The van der Waals surface area contributed by atoms with Gasteiger partial charge in [0, 0.05) is 17.7 Å². The summed E-state index contributed by atoms with van der Waals surface area (Å²) in [6, 6.07) is 25.7. The van der Waals surface area contributed by atoms with Gasteiger partial charge in [0.05, 0.1) is 5.92 Å². The van der Waals surface area contributed by atoms with Crippen LogP contribution in [0.2, 0.25) is 0 Å². The SMILES string of the molecule is O=C(c1ccccc1)C1CCCCC1=N[C@@H](Cc1ccc(OCc2ccccc2)cc1)C(=O)O. The van der Waals surface area contributed by atoms with E-state index in [-0.39, 0.29) is 18.1 Å². The zero-order valence-corrected chi connectivity index (χ0v) is 19.1. The van der Waals surface area contributed by atoms with E-state index >= 15 is 0 Å². The molecule has 0 radical (unpaired) electrons. The molecule has 1 unspecified atom stereocenters. The van der Waals surface area contributed by atoms with Gasteiger partial charge in [-0.3, -0.25) is 9.79 Å². The Morgan fingerprint density at radius 1 is 0.882 bits per heavy atom. The molecule has 1 aliphatic rings. The van der Waals surface area contributed by atoms with Gasteiger partial charge in [-0.05, 0) is 42.5 Å². The summed E-state index contributed by atoms with van der Waals surface area (Å²) in [5, 5.41) is 9.86. The molecule has 0 heterocycles. The van der Waals surface area contributed by atoms with Gasteiger partial charge in [-0.25, -0.2) is 4.79 Å². The molecule has 1 saturated carbocycles. The van der Waals surface area contributed by atoms with Crippen LogP contribution in [-0.4, -0.2) is 28.6 Å². The van der Waals surface area contributed by atoms with Gasteiger partial charge in [0.25, 0.3) is 0 Å². The molecule has 1 fully saturated rings.